The van der Waals surface area contributed by atoms with Crippen LogP contribution in [0.4, 0.5) is 13.2 Å². The van der Waals surface area contributed by atoms with Gasteiger partial charge in [0.2, 0.25) is 5.82 Å². The highest BCUT2D eigenvalue weighted by molar-refractivity contribution is 5.20. The minimum atomic E-state index is -4.35. The molecule has 0 fully saturated rings. The number of hydrogen-bond acceptors (Lipinski definition) is 2. The number of fused-ring (bicyclic) bond motifs is 1. The summed E-state index contributed by atoms with van der Waals surface area (Å²) in [5.74, 6) is -0.732. The Kier molecular flexibility index (Phi) is 3.16. The molecule has 0 amide bonds. The second-order valence-electron chi connectivity index (χ2n) is 4.47. The lowest BCUT2D eigenvalue weighted by atomic mass is 10.2. The zero-order valence-electron chi connectivity index (χ0n) is 10.0. The summed E-state index contributed by atoms with van der Waals surface area (Å²) >= 11 is 0. The number of imidazole rings is 1. The first-order chi connectivity index (χ1) is 7.93. The molecule has 0 unspecified atom stereocenters. The average Bonchev–Trinajstić information content (AvgIpc) is 2.57. The van der Waals surface area contributed by atoms with E-state index in [1.807, 2.05) is 18.9 Å². The van der Waals surface area contributed by atoms with Crippen LogP contribution in [0.2, 0.25) is 0 Å². The number of aromatic nitrogens is 2. The van der Waals surface area contributed by atoms with Crippen molar-refractivity contribution in [1.82, 2.24) is 14.5 Å². The van der Waals surface area contributed by atoms with Gasteiger partial charge in [0.05, 0.1) is 11.4 Å². The summed E-state index contributed by atoms with van der Waals surface area (Å²) in [4.78, 5) is 5.82. The monoisotopic (exact) mass is 247 g/mol. The van der Waals surface area contributed by atoms with E-state index in [2.05, 4.69) is 4.98 Å². The molecular weight excluding hydrogens is 231 g/mol. The fourth-order valence-electron chi connectivity index (χ4n) is 2.21. The maximum Gasteiger partial charge on any atom is 0.449 e. The summed E-state index contributed by atoms with van der Waals surface area (Å²) in [6, 6.07) is 0. The third-order valence-corrected chi connectivity index (χ3v) is 3.02. The lowest BCUT2D eigenvalue weighted by Gasteiger charge is -2.26. The van der Waals surface area contributed by atoms with Gasteiger partial charge in [-0.2, -0.15) is 13.2 Å². The van der Waals surface area contributed by atoms with Crippen molar-refractivity contribution in [2.75, 3.05) is 13.6 Å². The van der Waals surface area contributed by atoms with E-state index in [0.717, 1.165) is 12.1 Å². The summed E-state index contributed by atoms with van der Waals surface area (Å²) in [7, 11) is 1.92. The van der Waals surface area contributed by atoms with E-state index < -0.39 is 12.0 Å². The topological polar surface area (TPSA) is 21.1 Å². The first-order valence-corrected chi connectivity index (χ1v) is 5.77. The predicted molar refractivity (Wildman–Crippen MR) is 57.6 cm³/mol. The highest BCUT2D eigenvalue weighted by Gasteiger charge is 2.39. The molecular formula is C11H16F3N3. The molecule has 0 spiro atoms. The van der Waals surface area contributed by atoms with E-state index in [4.69, 9.17) is 0 Å². The van der Waals surface area contributed by atoms with Gasteiger partial charge in [-0.1, -0.05) is 13.3 Å². The van der Waals surface area contributed by atoms with Crippen molar-refractivity contribution >= 4 is 0 Å². The summed E-state index contributed by atoms with van der Waals surface area (Å²) in [5, 5.41) is 0. The van der Waals surface area contributed by atoms with Crippen LogP contribution in [-0.4, -0.2) is 28.0 Å². The number of hydrogen-bond donors (Lipinski definition) is 0. The molecule has 0 saturated carbocycles. The van der Waals surface area contributed by atoms with Gasteiger partial charge in [0.25, 0.3) is 0 Å². The zero-order valence-corrected chi connectivity index (χ0v) is 10.0. The van der Waals surface area contributed by atoms with E-state index in [1.54, 1.807) is 0 Å². The second kappa shape index (κ2) is 4.33. The average molecular weight is 247 g/mol. The predicted octanol–water partition coefficient (Wildman–Crippen LogP) is 2.30. The molecule has 0 aromatic carbocycles. The summed E-state index contributed by atoms with van der Waals surface area (Å²) in [6.45, 7) is 3.51. The van der Waals surface area contributed by atoms with E-state index in [-0.39, 0.29) is 0 Å². The quantitative estimate of drug-likeness (QED) is 0.799. The number of nitrogens with zero attached hydrogens (tertiary/aromatic N) is 3. The van der Waals surface area contributed by atoms with E-state index in [0.29, 0.717) is 31.7 Å². The van der Waals surface area contributed by atoms with Gasteiger partial charge in [-0.15, -0.1) is 0 Å². The normalized spacial score (nSPS) is 17.2. The summed E-state index contributed by atoms with van der Waals surface area (Å²) in [6.07, 6.45) is -2.93. The van der Waals surface area contributed by atoms with E-state index in [1.165, 1.54) is 4.57 Å². The fourth-order valence-corrected chi connectivity index (χ4v) is 2.21. The number of rotatable bonds is 2. The summed E-state index contributed by atoms with van der Waals surface area (Å²) < 4.78 is 39.8. The van der Waals surface area contributed by atoms with Crippen LogP contribution < -0.4 is 0 Å². The largest absolute Gasteiger partial charge is 0.449 e. The Morgan fingerprint density at radius 3 is 2.59 bits per heavy atom. The first-order valence-electron chi connectivity index (χ1n) is 5.77. The Hall–Kier alpha value is -1.04. The van der Waals surface area contributed by atoms with Crippen molar-refractivity contribution in [2.24, 2.45) is 0 Å². The minimum absolute atomic E-state index is 0.372. The van der Waals surface area contributed by atoms with Crippen LogP contribution in [0.15, 0.2) is 0 Å². The van der Waals surface area contributed by atoms with Crippen LogP contribution in [-0.2, 0) is 25.7 Å². The van der Waals surface area contributed by atoms with Crippen molar-refractivity contribution < 1.29 is 13.2 Å². The Bertz CT molecular complexity index is 409. The van der Waals surface area contributed by atoms with Crippen LogP contribution >= 0.6 is 0 Å². The SMILES string of the molecule is CCCc1nc(C(F)(F)F)n2c1CN(C)CC2. The van der Waals surface area contributed by atoms with Crippen LogP contribution in [0.3, 0.4) is 0 Å². The molecule has 0 radical (unpaired) electrons. The van der Waals surface area contributed by atoms with E-state index >= 15 is 0 Å². The molecule has 0 bridgehead atoms. The smallest absolute Gasteiger partial charge is 0.322 e. The molecule has 0 aliphatic carbocycles. The van der Waals surface area contributed by atoms with Crippen molar-refractivity contribution in [3.63, 3.8) is 0 Å². The third-order valence-electron chi connectivity index (χ3n) is 3.02. The van der Waals surface area contributed by atoms with Crippen LogP contribution in [0.25, 0.3) is 0 Å². The Morgan fingerprint density at radius 1 is 1.29 bits per heavy atom. The molecule has 2 rings (SSSR count). The Morgan fingerprint density at radius 2 is 2.00 bits per heavy atom. The Labute approximate surface area is 98.2 Å². The van der Waals surface area contributed by atoms with Gasteiger partial charge >= 0.3 is 6.18 Å². The van der Waals surface area contributed by atoms with Crippen LogP contribution in [0.5, 0.6) is 0 Å². The molecule has 3 nitrogen and oxygen atoms in total. The lowest BCUT2D eigenvalue weighted by Crippen LogP contribution is -2.32. The van der Waals surface area contributed by atoms with Gasteiger partial charge in [0.15, 0.2) is 0 Å². The fraction of sp³-hybridized carbons (Fsp3) is 0.727. The van der Waals surface area contributed by atoms with E-state index in [9.17, 15) is 13.2 Å². The first kappa shape index (κ1) is 12.4. The molecule has 17 heavy (non-hydrogen) atoms. The van der Waals surface area contributed by atoms with Gasteiger partial charge in [-0.25, -0.2) is 4.98 Å². The highest BCUT2D eigenvalue weighted by Crippen LogP contribution is 2.32. The summed E-state index contributed by atoms with van der Waals surface area (Å²) in [5.41, 5.74) is 1.33. The molecule has 1 aliphatic rings. The van der Waals surface area contributed by atoms with Gasteiger partial charge in [-0.3, -0.25) is 4.90 Å². The minimum Gasteiger partial charge on any atom is -0.322 e. The van der Waals surface area contributed by atoms with Crippen LogP contribution in [0, 0.1) is 0 Å². The molecule has 1 aliphatic heterocycles. The van der Waals surface area contributed by atoms with Crippen molar-refractivity contribution in [3.05, 3.63) is 17.2 Å². The van der Waals surface area contributed by atoms with Crippen LogP contribution in [0.1, 0.15) is 30.6 Å². The molecule has 0 atom stereocenters. The number of alkyl halides is 3. The van der Waals surface area contributed by atoms with Crippen molar-refractivity contribution in [3.8, 4) is 0 Å². The molecule has 96 valence electrons. The maximum atomic E-state index is 12.8. The number of likely N-dealkylation sites (N-methyl/N-ethyl adjacent to an activating group) is 1. The zero-order chi connectivity index (χ0) is 12.6. The Balaban J connectivity index is 2.46. The van der Waals surface area contributed by atoms with Gasteiger partial charge < -0.3 is 4.57 Å². The highest BCUT2D eigenvalue weighted by atomic mass is 19.4. The molecule has 0 saturated heterocycles. The van der Waals surface area contributed by atoms with Crippen molar-refractivity contribution in [1.29, 1.82) is 0 Å². The molecule has 1 aromatic rings. The number of aryl methyl sites for hydroxylation is 1. The standard InChI is InChI=1S/C11H16F3N3/c1-3-4-8-9-7-16(2)5-6-17(9)10(15-8)11(12,13)14/h3-7H2,1-2H3. The van der Waals surface area contributed by atoms with Gasteiger partial charge in [0.1, 0.15) is 0 Å². The molecule has 2 heterocycles. The van der Waals surface area contributed by atoms with Crippen molar-refractivity contribution in [2.45, 2.75) is 39.0 Å². The molecule has 0 N–H and O–H groups in total. The molecule has 1 aromatic heterocycles. The second-order valence-corrected chi connectivity index (χ2v) is 4.47. The number of halogens is 3. The van der Waals surface area contributed by atoms with Gasteiger partial charge in [0, 0.05) is 19.6 Å². The maximum absolute atomic E-state index is 12.8. The third kappa shape index (κ3) is 2.31. The molecule has 6 heteroatoms. The van der Waals surface area contributed by atoms with Gasteiger partial charge in [-0.05, 0) is 13.5 Å². The lowest BCUT2D eigenvalue weighted by molar-refractivity contribution is -0.147.